The Morgan fingerprint density at radius 3 is 2.60 bits per heavy atom. The zero-order chi connectivity index (χ0) is 13.9. The molecule has 0 aliphatic rings. The van der Waals surface area contributed by atoms with Crippen molar-refractivity contribution in [2.75, 3.05) is 0 Å². The molecule has 2 unspecified atom stereocenters. The SMILES string of the molecule is CC(NC(=O)C(C)(N)c1ccccc1)c1ncon1.Cl. The summed E-state index contributed by atoms with van der Waals surface area (Å²) >= 11 is 0. The van der Waals surface area contributed by atoms with Gasteiger partial charge in [0.25, 0.3) is 0 Å². The lowest BCUT2D eigenvalue weighted by Crippen LogP contribution is -2.49. The molecule has 0 saturated carbocycles. The average molecular weight is 297 g/mol. The maximum Gasteiger partial charge on any atom is 0.244 e. The van der Waals surface area contributed by atoms with Crippen LogP contribution in [0.25, 0.3) is 0 Å². The summed E-state index contributed by atoms with van der Waals surface area (Å²) in [4.78, 5) is 16.1. The number of hydrogen-bond acceptors (Lipinski definition) is 5. The third kappa shape index (κ3) is 3.34. The molecule has 0 fully saturated rings. The van der Waals surface area contributed by atoms with Gasteiger partial charge in [-0.15, -0.1) is 12.4 Å². The normalized spacial score (nSPS) is 14.8. The number of amides is 1. The van der Waals surface area contributed by atoms with Gasteiger partial charge in [-0.3, -0.25) is 4.79 Å². The molecule has 20 heavy (non-hydrogen) atoms. The Hall–Kier alpha value is -1.92. The Bertz CT molecular complexity index is 543. The molecule has 2 rings (SSSR count). The highest BCUT2D eigenvalue weighted by Gasteiger charge is 2.31. The molecule has 2 aromatic rings. The van der Waals surface area contributed by atoms with Gasteiger partial charge in [-0.25, -0.2) is 0 Å². The fourth-order valence-electron chi connectivity index (χ4n) is 1.70. The molecule has 108 valence electrons. The number of hydrogen-bond donors (Lipinski definition) is 2. The van der Waals surface area contributed by atoms with Crippen LogP contribution in [0.5, 0.6) is 0 Å². The van der Waals surface area contributed by atoms with Crippen LogP contribution in [0.1, 0.15) is 31.3 Å². The summed E-state index contributed by atoms with van der Waals surface area (Å²) in [6.07, 6.45) is 1.22. The lowest BCUT2D eigenvalue weighted by molar-refractivity contribution is -0.126. The van der Waals surface area contributed by atoms with Crippen LogP contribution in [-0.2, 0) is 10.3 Å². The van der Waals surface area contributed by atoms with Crippen molar-refractivity contribution in [1.82, 2.24) is 15.5 Å². The van der Waals surface area contributed by atoms with E-state index in [0.29, 0.717) is 5.82 Å². The first-order chi connectivity index (χ1) is 9.01. The molecule has 3 N–H and O–H groups in total. The summed E-state index contributed by atoms with van der Waals surface area (Å²) in [6, 6.07) is 8.83. The smallest absolute Gasteiger partial charge is 0.244 e. The van der Waals surface area contributed by atoms with Gasteiger partial charge in [0.05, 0.1) is 6.04 Å². The van der Waals surface area contributed by atoms with E-state index in [2.05, 4.69) is 20.0 Å². The Kier molecular flexibility index (Phi) is 5.24. The Balaban J connectivity index is 0.00000200. The number of carbonyl (C=O) groups excluding carboxylic acids is 1. The van der Waals surface area contributed by atoms with Crippen molar-refractivity contribution >= 4 is 18.3 Å². The van der Waals surface area contributed by atoms with Crippen molar-refractivity contribution in [3.63, 3.8) is 0 Å². The highest BCUT2D eigenvalue weighted by Crippen LogP contribution is 2.19. The number of benzene rings is 1. The quantitative estimate of drug-likeness (QED) is 0.892. The maximum atomic E-state index is 12.2. The number of carbonyl (C=O) groups is 1. The van der Waals surface area contributed by atoms with E-state index in [1.807, 2.05) is 30.3 Å². The fraction of sp³-hybridized carbons (Fsp3) is 0.308. The third-order valence-corrected chi connectivity index (χ3v) is 2.96. The van der Waals surface area contributed by atoms with E-state index >= 15 is 0 Å². The summed E-state index contributed by atoms with van der Waals surface area (Å²) in [5.41, 5.74) is 5.74. The van der Waals surface area contributed by atoms with Gasteiger partial charge >= 0.3 is 0 Å². The molecule has 0 radical (unpaired) electrons. The largest absolute Gasteiger partial charge is 0.344 e. The first kappa shape index (κ1) is 16.1. The molecule has 0 aliphatic carbocycles. The minimum atomic E-state index is -1.11. The van der Waals surface area contributed by atoms with E-state index in [0.717, 1.165) is 5.56 Å². The van der Waals surface area contributed by atoms with Crippen molar-refractivity contribution < 1.29 is 9.32 Å². The summed E-state index contributed by atoms with van der Waals surface area (Å²) in [6.45, 7) is 3.43. The minimum absolute atomic E-state index is 0. The highest BCUT2D eigenvalue weighted by molar-refractivity contribution is 5.87. The topological polar surface area (TPSA) is 94.0 Å². The molecule has 6 nitrogen and oxygen atoms in total. The van der Waals surface area contributed by atoms with Gasteiger partial charge in [-0.05, 0) is 19.4 Å². The molecule has 1 aromatic carbocycles. The van der Waals surface area contributed by atoms with Gasteiger partial charge in [-0.1, -0.05) is 35.5 Å². The third-order valence-electron chi connectivity index (χ3n) is 2.96. The van der Waals surface area contributed by atoms with Crippen LogP contribution in [0.15, 0.2) is 41.2 Å². The van der Waals surface area contributed by atoms with Crippen molar-refractivity contribution in [3.05, 3.63) is 48.1 Å². The van der Waals surface area contributed by atoms with Crippen molar-refractivity contribution in [2.45, 2.75) is 25.4 Å². The number of nitrogens with zero attached hydrogens (tertiary/aromatic N) is 2. The predicted molar refractivity (Wildman–Crippen MR) is 76.1 cm³/mol. The molecular weight excluding hydrogens is 280 g/mol. The van der Waals surface area contributed by atoms with E-state index in [1.165, 1.54) is 6.39 Å². The zero-order valence-electron chi connectivity index (χ0n) is 11.2. The molecule has 0 aliphatic heterocycles. The number of nitrogens with one attached hydrogen (secondary N) is 1. The lowest BCUT2D eigenvalue weighted by Gasteiger charge is -2.25. The second kappa shape index (κ2) is 6.49. The number of aromatic nitrogens is 2. The van der Waals surface area contributed by atoms with Gasteiger partial charge in [0.15, 0.2) is 5.82 Å². The number of rotatable bonds is 4. The molecule has 7 heteroatoms. The summed E-state index contributed by atoms with van der Waals surface area (Å²) in [5.74, 6) is 0.119. The Morgan fingerprint density at radius 2 is 2.05 bits per heavy atom. The molecular formula is C13H17ClN4O2. The number of halogens is 1. The predicted octanol–water partition coefficient (Wildman–Crippen LogP) is 1.54. The second-order valence-corrected chi connectivity index (χ2v) is 4.55. The van der Waals surface area contributed by atoms with Crippen LogP contribution in [0.4, 0.5) is 0 Å². The van der Waals surface area contributed by atoms with Crippen LogP contribution in [0, 0.1) is 0 Å². The molecule has 0 saturated heterocycles. The van der Waals surface area contributed by atoms with Gasteiger partial charge in [0.1, 0.15) is 5.54 Å². The van der Waals surface area contributed by atoms with E-state index in [-0.39, 0.29) is 24.4 Å². The van der Waals surface area contributed by atoms with Crippen LogP contribution < -0.4 is 11.1 Å². The summed E-state index contributed by atoms with van der Waals surface area (Å²) in [5, 5.41) is 6.45. The molecule has 0 spiro atoms. The van der Waals surface area contributed by atoms with Crippen LogP contribution in [0.3, 0.4) is 0 Å². The number of nitrogens with two attached hydrogens (primary N) is 1. The van der Waals surface area contributed by atoms with Gasteiger partial charge in [0, 0.05) is 0 Å². The monoisotopic (exact) mass is 296 g/mol. The van der Waals surface area contributed by atoms with Crippen molar-refractivity contribution in [2.24, 2.45) is 5.73 Å². The minimum Gasteiger partial charge on any atom is -0.344 e. The van der Waals surface area contributed by atoms with E-state index in [1.54, 1.807) is 13.8 Å². The van der Waals surface area contributed by atoms with Crippen LogP contribution in [0.2, 0.25) is 0 Å². The zero-order valence-corrected chi connectivity index (χ0v) is 12.1. The second-order valence-electron chi connectivity index (χ2n) is 4.55. The highest BCUT2D eigenvalue weighted by atomic mass is 35.5. The van der Waals surface area contributed by atoms with Crippen LogP contribution in [-0.4, -0.2) is 16.0 Å². The van der Waals surface area contributed by atoms with Gasteiger partial charge in [-0.2, -0.15) is 4.98 Å². The van der Waals surface area contributed by atoms with Gasteiger partial charge < -0.3 is 15.6 Å². The van der Waals surface area contributed by atoms with E-state index in [9.17, 15) is 4.79 Å². The average Bonchev–Trinajstić information content (AvgIpc) is 2.93. The van der Waals surface area contributed by atoms with Crippen LogP contribution >= 0.6 is 12.4 Å². The van der Waals surface area contributed by atoms with Crippen molar-refractivity contribution in [1.29, 1.82) is 0 Å². The standard InChI is InChI=1S/C13H16N4O2.ClH/c1-9(11-15-8-19-17-11)16-12(18)13(2,14)10-6-4-3-5-7-10;/h3-9H,14H2,1-2H3,(H,16,18);1H. The van der Waals surface area contributed by atoms with E-state index < -0.39 is 5.54 Å². The molecule has 1 amide bonds. The van der Waals surface area contributed by atoms with Gasteiger partial charge in [0.2, 0.25) is 12.3 Å². The first-order valence-electron chi connectivity index (χ1n) is 5.93. The maximum absolute atomic E-state index is 12.2. The lowest BCUT2D eigenvalue weighted by atomic mass is 9.92. The fourth-order valence-corrected chi connectivity index (χ4v) is 1.70. The van der Waals surface area contributed by atoms with Crippen molar-refractivity contribution in [3.8, 4) is 0 Å². The molecule has 0 bridgehead atoms. The summed E-state index contributed by atoms with van der Waals surface area (Å²) < 4.78 is 4.64. The molecule has 1 aromatic heterocycles. The van der Waals surface area contributed by atoms with E-state index in [4.69, 9.17) is 5.73 Å². The Labute approximate surface area is 123 Å². The molecule has 2 atom stereocenters. The Morgan fingerprint density at radius 1 is 1.40 bits per heavy atom. The molecule has 1 heterocycles. The first-order valence-corrected chi connectivity index (χ1v) is 5.93. The summed E-state index contributed by atoms with van der Waals surface area (Å²) in [7, 11) is 0.